The van der Waals surface area contributed by atoms with Crippen LogP contribution in [0, 0.1) is 5.82 Å². The number of fused-ring (bicyclic) bond motifs is 1. The standard InChI is InChI=1S/C15H13FN2O/c16-12-5-11(7-17-8-12)15(19)14-9-18-6-10-3-1-2-4-13(10)14/h1-5,7-8,14,18H,6,9H2. The number of pyridine rings is 1. The summed E-state index contributed by atoms with van der Waals surface area (Å²) in [5, 5.41) is 3.22. The molecule has 0 radical (unpaired) electrons. The number of hydrogen-bond acceptors (Lipinski definition) is 3. The second-order valence-corrected chi connectivity index (χ2v) is 4.64. The zero-order valence-electron chi connectivity index (χ0n) is 10.3. The minimum absolute atomic E-state index is 0.0911. The minimum Gasteiger partial charge on any atom is -0.312 e. The Labute approximate surface area is 110 Å². The molecule has 0 saturated carbocycles. The highest BCUT2D eigenvalue weighted by molar-refractivity contribution is 6.01. The van der Waals surface area contributed by atoms with Crippen LogP contribution in [0.1, 0.15) is 27.4 Å². The lowest BCUT2D eigenvalue weighted by molar-refractivity contribution is 0.0954. The number of nitrogens with zero attached hydrogens (tertiary/aromatic N) is 1. The number of carbonyl (C=O) groups is 1. The SMILES string of the molecule is O=C(c1cncc(F)c1)C1CNCc2ccccc21. The normalized spacial score (nSPS) is 17.8. The van der Waals surface area contributed by atoms with Gasteiger partial charge in [0.05, 0.1) is 12.1 Å². The van der Waals surface area contributed by atoms with Crippen LogP contribution in [0.4, 0.5) is 4.39 Å². The summed E-state index contributed by atoms with van der Waals surface area (Å²) >= 11 is 0. The molecule has 0 bridgehead atoms. The Balaban J connectivity index is 1.98. The maximum Gasteiger partial charge on any atom is 0.173 e. The van der Waals surface area contributed by atoms with Crippen molar-refractivity contribution in [2.75, 3.05) is 6.54 Å². The largest absolute Gasteiger partial charge is 0.312 e. The van der Waals surface area contributed by atoms with E-state index in [4.69, 9.17) is 0 Å². The molecular weight excluding hydrogens is 243 g/mol. The fourth-order valence-electron chi connectivity index (χ4n) is 2.48. The predicted octanol–water partition coefficient (Wildman–Crippen LogP) is 2.29. The van der Waals surface area contributed by atoms with E-state index in [9.17, 15) is 9.18 Å². The van der Waals surface area contributed by atoms with E-state index in [1.807, 2.05) is 24.3 Å². The Hall–Kier alpha value is -2.07. The van der Waals surface area contributed by atoms with E-state index in [2.05, 4.69) is 10.3 Å². The van der Waals surface area contributed by atoms with Crippen molar-refractivity contribution in [2.24, 2.45) is 0 Å². The number of aromatic nitrogens is 1. The van der Waals surface area contributed by atoms with Crippen LogP contribution in [0.5, 0.6) is 0 Å². The van der Waals surface area contributed by atoms with Gasteiger partial charge in [-0.3, -0.25) is 9.78 Å². The van der Waals surface area contributed by atoms with Crippen LogP contribution in [-0.2, 0) is 6.54 Å². The molecule has 0 fully saturated rings. The molecule has 1 aliphatic heterocycles. The molecule has 0 amide bonds. The summed E-state index contributed by atoms with van der Waals surface area (Å²) in [5.74, 6) is -0.844. The van der Waals surface area contributed by atoms with Crippen molar-refractivity contribution in [3.63, 3.8) is 0 Å². The number of ketones is 1. The van der Waals surface area contributed by atoms with E-state index in [-0.39, 0.29) is 11.7 Å². The summed E-state index contributed by atoms with van der Waals surface area (Å²) < 4.78 is 13.2. The van der Waals surface area contributed by atoms with Gasteiger partial charge in [0.2, 0.25) is 0 Å². The first-order valence-electron chi connectivity index (χ1n) is 6.19. The molecule has 3 nitrogen and oxygen atoms in total. The molecule has 1 aromatic heterocycles. The lowest BCUT2D eigenvalue weighted by atomic mass is 9.85. The van der Waals surface area contributed by atoms with Crippen LogP contribution in [-0.4, -0.2) is 17.3 Å². The summed E-state index contributed by atoms with van der Waals surface area (Å²) in [6, 6.07) is 9.09. The Kier molecular flexibility index (Phi) is 3.09. The zero-order valence-corrected chi connectivity index (χ0v) is 10.3. The molecule has 1 N–H and O–H groups in total. The minimum atomic E-state index is -0.483. The van der Waals surface area contributed by atoms with Gasteiger partial charge < -0.3 is 5.32 Å². The summed E-state index contributed by atoms with van der Waals surface area (Å²) in [5.41, 5.74) is 2.47. The maximum absolute atomic E-state index is 13.2. The number of rotatable bonds is 2. The third kappa shape index (κ3) is 2.27. The van der Waals surface area contributed by atoms with E-state index in [1.54, 1.807) is 0 Å². The van der Waals surface area contributed by atoms with Gasteiger partial charge in [-0.2, -0.15) is 0 Å². The third-order valence-electron chi connectivity index (χ3n) is 3.40. The van der Waals surface area contributed by atoms with Crippen molar-refractivity contribution in [1.82, 2.24) is 10.3 Å². The monoisotopic (exact) mass is 256 g/mol. The Morgan fingerprint density at radius 3 is 3.00 bits per heavy atom. The molecule has 1 atom stereocenters. The van der Waals surface area contributed by atoms with Crippen LogP contribution in [0.3, 0.4) is 0 Å². The fourth-order valence-corrected chi connectivity index (χ4v) is 2.48. The molecule has 1 aromatic carbocycles. The van der Waals surface area contributed by atoms with Gasteiger partial charge in [-0.1, -0.05) is 24.3 Å². The van der Waals surface area contributed by atoms with Gasteiger partial charge in [0, 0.05) is 24.8 Å². The third-order valence-corrected chi connectivity index (χ3v) is 3.40. The molecule has 4 heteroatoms. The van der Waals surface area contributed by atoms with Gasteiger partial charge in [-0.15, -0.1) is 0 Å². The van der Waals surface area contributed by atoms with Crippen molar-refractivity contribution in [2.45, 2.75) is 12.5 Å². The maximum atomic E-state index is 13.2. The molecule has 0 saturated heterocycles. The molecular formula is C15H13FN2O. The smallest absolute Gasteiger partial charge is 0.173 e. The highest BCUT2D eigenvalue weighted by Gasteiger charge is 2.27. The first kappa shape index (κ1) is 12.0. The molecule has 0 spiro atoms. The van der Waals surface area contributed by atoms with Gasteiger partial charge in [0.15, 0.2) is 5.78 Å². The molecule has 0 aliphatic carbocycles. The average molecular weight is 256 g/mol. The fraction of sp³-hybridized carbons (Fsp3) is 0.200. The van der Waals surface area contributed by atoms with Gasteiger partial charge in [-0.25, -0.2) is 4.39 Å². The number of halogens is 1. The Morgan fingerprint density at radius 1 is 1.32 bits per heavy atom. The van der Waals surface area contributed by atoms with E-state index in [0.29, 0.717) is 12.1 Å². The quantitative estimate of drug-likeness (QED) is 0.838. The molecule has 96 valence electrons. The van der Waals surface area contributed by atoms with E-state index >= 15 is 0 Å². The first-order chi connectivity index (χ1) is 9.25. The Bertz CT molecular complexity index is 627. The van der Waals surface area contributed by atoms with Gasteiger partial charge >= 0.3 is 0 Å². The van der Waals surface area contributed by atoms with Crippen LogP contribution in [0.2, 0.25) is 0 Å². The van der Waals surface area contributed by atoms with E-state index < -0.39 is 5.82 Å². The van der Waals surface area contributed by atoms with E-state index in [0.717, 1.165) is 23.9 Å². The highest BCUT2D eigenvalue weighted by atomic mass is 19.1. The van der Waals surface area contributed by atoms with Crippen LogP contribution in [0.15, 0.2) is 42.7 Å². The van der Waals surface area contributed by atoms with Crippen molar-refractivity contribution in [1.29, 1.82) is 0 Å². The van der Waals surface area contributed by atoms with Crippen LogP contribution in [0.25, 0.3) is 0 Å². The molecule has 3 rings (SSSR count). The van der Waals surface area contributed by atoms with Crippen molar-refractivity contribution in [3.8, 4) is 0 Å². The number of carbonyl (C=O) groups excluding carboxylic acids is 1. The first-order valence-corrected chi connectivity index (χ1v) is 6.19. The van der Waals surface area contributed by atoms with Gasteiger partial charge in [-0.05, 0) is 17.2 Å². The number of nitrogens with one attached hydrogen (secondary N) is 1. The van der Waals surface area contributed by atoms with Gasteiger partial charge in [0.25, 0.3) is 0 Å². The number of benzene rings is 1. The molecule has 2 heterocycles. The van der Waals surface area contributed by atoms with E-state index in [1.165, 1.54) is 12.3 Å². The molecule has 1 unspecified atom stereocenters. The van der Waals surface area contributed by atoms with Crippen molar-refractivity contribution < 1.29 is 9.18 Å². The van der Waals surface area contributed by atoms with Crippen molar-refractivity contribution in [3.05, 3.63) is 65.2 Å². The lowest BCUT2D eigenvalue weighted by Crippen LogP contribution is -2.32. The summed E-state index contributed by atoms with van der Waals surface area (Å²) in [7, 11) is 0. The van der Waals surface area contributed by atoms with Crippen LogP contribution < -0.4 is 5.32 Å². The number of hydrogen-bond donors (Lipinski definition) is 1. The second-order valence-electron chi connectivity index (χ2n) is 4.64. The topological polar surface area (TPSA) is 42.0 Å². The van der Waals surface area contributed by atoms with Crippen molar-refractivity contribution >= 4 is 5.78 Å². The average Bonchev–Trinajstić information content (AvgIpc) is 2.46. The Morgan fingerprint density at radius 2 is 2.16 bits per heavy atom. The number of Topliss-reactive ketones (excluding diaryl/α,β-unsaturated/α-hetero) is 1. The van der Waals surface area contributed by atoms with Gasteiger partial charge in [0.1, 0.15) is 5.82 Å². The molecule has 1 aliphatic rings. The summed E-state index contributed by atoms with van der Waals surface area (Å²) in [6.07, 6.45) is 2.52. The second kappa shape index (κ2) is 4.90. The summed E-state index contributed by atoms with van der Waals surface area (Å²) in [4.78, 5) is 16.2. The highest BCUT2D eigenvalue weighted by Crippen LogP contribution is 2.27. The predicted molar refractivity (Wildman–Crippen MR) is 69.4 cm³/mol. The molecule has 19 heavy (non-hydrogen) atoms. The van der Waals surface area contributed by atoms with Crippen LogP contribution >= 0.6 is 0 Å². The summed E-state index contributed by atoms with van der Waals surface area (Å²) in [6.45, 7) is 1.34. The molecule has 2 aromatic rings. The zero-order chi connectivity index (χ0) is 13.2. The lowest BCUT2D eigenvalue weighted by Gasteiger charge is -2.25.